The Balaban J connectivity index is 1.78. The zero-order valence-corrected chi connectivity index (χ0v) is 9.75. The predicted octanol–water partition coefficient (Wildman–Crippen LogP) is 1.79. The summed E-state index contributed by atoms with van der Waals surface area (Å²) >= 11 is 0. The molecular weight excluding hydrogens is 203 g/mol. The maximum atomic E-state index is 12.9. The van der Waals surface area contributed by atoms with Crippen LogP contribution >= 0.6 is 0 Å². The summed E-state index contributed by atoms with van der Waals surface area (Å²) in [4.78, 5) is 2.23. The first-order valence-corrected chi connectivity index (χ1v) is 5.79. The lowest BCUT2D eigenvalue weighted by Gasteiger charge is -2.20. The number of nitrogens with zero attached hydrogens (tertiary/aromatic N) is 1. The average Bonchev–Trinajstić information content (AvgIpc) is 2.93. The van der Waals surface area contributed by atoms with Crippen molar-refractivity contribution < 1.29 is 4.39 Å². The molecule has 2 N–H and O–H groups in total. The van der Waals surface area contributed by atoms with Gasteiger partial charge in [0.25, 0.3) is 0 Å². The maximum Gasteiger partial charge on any atom is 0.123 e. The second-order valence-electron chi connectivity index (χ2n) is 4.98. The van der Waals surface area contributed by atoms with Crippen molar-refractivity contribution in [3.05, 3.63) is 35.6 Å². The number of hydrogen-bond acceptors (Lipinski definition) is 2. The second kappa shape index (κ2) is 4.52. The van der Waals surface area contributed by atoms with Crippen molar-refractivity contribution in [1.29, 1.82) is 0 Å². The van der Waals surface area contributed by atoms with Gasteiger partial charge < -0.3 is 10.6 Å². The number of likely N-dealkylation sites (N-methyl/N-ethyl adjacent to an activating group) is 1. The Bertz CT molecular complexity index is 361. The van der Waals surface area contributed by atoms with Gasteiger partial charge >= 0.3 is 0 Å². The molecule has 2 nitrogen and oxygen atoms in total. The molecule has 1 aliphatic carbocycles. The van der Waals surface area contributed by atoms with Gasteiger partial charge in [0, 0.05) is 18.6 Å². The van der Waals surface area contributed by atoms with E-state index >= 15 is 0 Å². The first-order chi connectivity index (χ1) is 7.57. The highest BCUT2D eigenvalue weighted by Crippen LogP contribution is 2.32. The lowest BCUT2D eigenvalue weighted by molar-refractivity contribution is 0.306. The Morgan fingerprint density at radius 3 is 2.81 bits per heavy atom. The SMILES string of the molecule is CN(CCc1cccc(F)c1)CC1(N)CC1. The van der Waals surface area contributed by atoms with E-state index in [-0.39, 0.29) is 11.4 Å². The van der Waals surface area contributed by atoms with E-state index in [4.69, 9.17) is 5.73 Å². The number of rotatable bonds is 5. The first kappa shape index (κ1) is 11.6. The fraction of sp³-hybridized carbons (Fsp3) is 0.538. The Morgan fingerprint density at radius 1 is 1.44 bits per heavy atom. The lowest BCUT2D eigenvalue weighted by atomic mass is 10.1. The normalized spacial score (nSPS) is 17.8. The van der Waals surface area contributed by atoms with E-state index in [1.807, 2.05) is 6.07 Å². The van der Waals surface area contributed by atoms with Crippen molar-refractivity contribution in [2.24, 2.45) is 5.73 Å². The molecule has 1 aromatic carbocycles. The van der Waals surface area contributed by atoms with Gasteiger partial charge in [-0.2, -0.15) is 0 Å². The molecule has 0 heterocycles. The van der Waals surface area contributed by atoms with E-state index < -0.39 is 0 Å². The zero-order chi connectivity index (χ0) is 11.6. The van der Waals surface area contributed by atoms with Crippen LogP contribution < -0.4 is 5.73 Å². The molecule has 0 unspecified atom stereocenters. The molecule has 1 saturated carbocycles. The molecule has 0 aliphatic heterocycles. The molecule has 0 bridgehead atoms. The summed E-state index contributed by atoms with van der Waals surface area (Å²) in [6.07, 6.45) is 3.15. The molecule has 0 radical (unpaired) electrons. The highest BCUT2D eigenvalue weighted by Gasteiger charge is 2.38. The van der Waals surface area contributed by atoms with Crippen LogP contribution in [0.15, 0.2) is 24.3 Å². The average molecular weight is 222 g/mol. The molecule has 0 saturated heterocycles. The zero-order valence-electron chi connectivity index (χ0n) is 9.75. The van der Waals surface area contributed by atoms with E-state index in [2.05, 4.69) is 11.9 Å². The standard InChI is InChI=1S/C13H19FN2/c1-16(10-13(15)6-7-13)8-5-11-3-2-4-12(14)9-11/h2-4,9H,5-8,10,15H2,1H3. The summed E-state index contributed by atoms with van der Waals surface area (Å²) in [7, 11) is 2.08. The van der Waals surface area contributed by atoms with Crippen LogP contribution in [0.25, 0.3) is 0 Å². The highest BCUT2D eigenvalue weighted by atomic mass is 19.1. The van der Waals surface area contributed by atoms with Crippen LogP contribution in [-0.4, -0.2) is 30.6 Å². The topological polar surface area (TPSA) is 29.3 Å². The summed E-state index contributed by atoms with van der Waals surface area (Å²) in [5.41, 5.74) is 7.15. The van der Waals surface area contributed by atoms with Crippen molar-refractivity contribution >= 4 is 0 Å². The Morgan fingerprint density at radius 2 is 2.19 bits per heavy atom. The van der Waals surface area contributed by atoms with Gasteiger partial charge in [0.1, 0.15) is 5.82 Å². The number of halogens is 1. The van der Waals surface area contributed by atoms with Crippen LogP contribution in [0.5, 0.6) is 0 Å². The fourth-order valence-corrected chi connectivity index (χ4v) is 1.95. The van der Waals surface area contributed by atoms with E-state index in [0.29, 0.717) is 0 Å². The van der Waals surface area contributed by atoms with Crippen LogP contribution in [-0.2, 0) is 6.42 Å². The van der Waals surface area contributed by atoms with Crippen LogP contribution in [0.1, 0.15) is 18.4 Å². The molecule has 3 heteroatoms. The van der Waals surface area contributed by atoms with Gasteiger partial charge in [-0.05, 0) is 44.0 Å². The lowest BCUT2D eigenvalue weighted by Crippen LogP contribution is -2.38. The fourth-order valence-electron chi connectivity index (χ4n) is 1.95. The van der Waals surface area contributed by atoms with E-state index in [1.165, 1.54) is 6.07 Å². The van der Waals surface area contributed by atoms with Crippen molar-refractivity contribution in [3.8, 4) is 0 Å². The maximum absolute atomic E-state index is 12.9. The van der Waals surface area contributed by atoms with Gasteiger partial charge in [0.15, 0.2) is 0 Å². The molecule has 88 valence electrons. The highest BCUT2D eigenvalue weighted by molar-refractivity contribution is 5.16. The molecular formula is C13H19FN2. The second-order valence-corrected chi connectivity index (χ2v) is 4.98. The predicted molar refractivity (Wildman–Crippen MR) is 63.8 cm³/mol. The van der Waals surface area contributed by atoms with Gasteiger partial charge in [-0.15, -0.1) is 0 Å². The summed E-state index contributed by atoms with van der Waals surface area (Å²) in [5, 5.41) is 0. The molecule has 0 aromatic heterocycles. The number of nitrogens with two attached hydrogens (primary N) is 1. The molecule has 1 aliphatic rings. The summed E-state index contributed by atoms with van der Waals surface area (Å²) < 4.78 is 12.9. The van der Waals surface area contributed by atoms with Crippen LogP contribution in [0.4, 0.5) is 4.39 Å². The Hall–Kier alpha value is -0.930. The quantitative estimate of drug-likeness (QED) is 0.823. The smallest absolute Gasteiger partial charge is 0.123 e. The molecule has 0 atom stereocenters. The third-order valence-electron chi connectivity index (χ3n) is 3.15. The Kier molecular flexibility index (Phi) is 3.26. The molecule has 1 aromatic rings. The minimum absolute atomic E-state index is 0.0662. The van der Waals surface area contributed by atoms with Gasteiger partial charge in [-0.1, -0.05) is 12.1 Å². The monoisotopic (exact) mass is 222 g/mol. The van der Waals surface area contributed by atoms with Crippen molar-refractivity contribution in [2.45, 2.75) is 24.8 Å². The summed E-state index contributed by atoms with van der Waals surface area (Å²) in [5.74, 6) is -0.155. The third kappa shape index (κ3) is 3.29. The van der Waals surface area contributed by atoms with Crippen LogP contribution in [0.2, 0.25) is 0 Å². The van der Waals surface area contributed by atoms with Gasteiger partial charge in [-0.3, -0.25) is 0 Å². The summed E-state index contributed by atoms with van der Waals surface area (Å²) in [6, 6.07) is 6.80. The van der Waals surface area contributed by atoms with Crippen LogP contribution in [0.3, 0.4) is 0 Å². The molecule has 0 spiro atoms. The van der Waals surface area contributed by atoms with E-state index in [1.54, 1.807) is 12.1 Å². The van der Waals surface area contributed by atoms with Crippen molar-refractivity contribution in [2.75, 3.05) is 20.1 Å². The largest absolute Gasteiger partial charge is 0.324 e. The molecule has 16 heavy (non-hydrogen) atoms. The minimum Gasteiger partial charge on any atom is -0.324 e. The van der Waals surface area contributed by atoms with E-state index in [0.717, 1.165) is 37.9 Å². The van der Waals surface area contributed by atoms with Crippen LogP contribution in [0, 0.1) is 5.82 Å². The molecule has 1 fully saturated rings. The van der Waals surface area contributed by atoms with Gasteiger partial charge in [-0.25, -0.2) is 4.39 Å². The first-order valence-electron chi connectivity index (χ1n) is 5.79. The Labute approximate surface area is 96.2 Å². The summed E-state index contributed by atoms with van der Waals surface area (Å²) in [6.45, 7) is 1.88. The molecule has 2 rings (SSSR count). The van der Waals surface area contributed by atoms with Gasteiger partial charge in [0.05, 0.1) is 0 Å². The number of hydrogen-bond donors (Lipinski definition) is 1. The minimum atomic E-state index is -0.155. The van der Waals surface area contributed by atoms with Crippen molar-refractivity contribution in [3.63, 3.8) is 0 Å². The molecule has 0 amide bonds. The third-order valence-corrected chi connectivity index (χ3v) is 3.15. The van der Waals surface area contributed by atoms with E-state index in [9.17, 15) is 4.39 Å². The number of benzene rings is 1. The van der Waals surface area contributed by atoms with Gasteiger partial charge in [0.2, 0.25) is 0 Å². The van der Waals surface area contributed by atoms with Crippen molar-refractivity contribution in [1.82, 2.24) is 4.90 Å².